The molecule has 1 aliphatic carbocycles. The van der Waals surface area contributed by atoms with E-state index in [1.54, 1.807) is 0 Å². The van der Waals surface area contributed by atoms with Gasteiger partial charge in [0.05, 0.1) is 12.2 Å². The predicted molar refractivity (Wildman–Crippen MR) is 54.7 cm³/mol. The molecule has 1 nitrogen and oxygen atoms in total. The fourth-order valence-electron chi connectivity index (χ4n) is 2.78. The van der Waals surface area contributed by atoms with Crippen molar-refractivity contribution < 1.29 is 4.74 Å². The van der Waals surface area contributed by atoms with Gasteiger partial charge in [-0.1, -0.05) is 33.6 Å². The Balaban J connectivity index is 1.97. The van der Waals surface area contributed by atoms with E-state index in [0.717, 1.165) is 12.5 Å². The third-order valence-corrected chi connectivity index (χ3v) is 3.52. The van der Waals surface area contributed by atoms with Gasteiger partial charge in [-0.25, -0.2) is 0 Å². The summed E-state index contributed by atoms with van der Waals surface area (Å²) in [6.07, 6.45) is 6.88. The molecule has 0 aromatic heterocycles. The number of rotatable bonds is 1. The third-order valence-electron chi connectivity index (χ3n) is 3.52. The molecule has 2 rings (SSSR count). The second kappa shape index (κ2) is 2.98. The Bertz CT molecular complexity index is 186. The normalized spacial score (nSPS) is 39.5. The number of hydrogen-bond acceptors (Lipinski definition) is 1. The molecule has 76 valence electrons. The minimum Gasteiger partial charge on any atom is -0.369 e. The summed E-state index contributed by atoms with van der Waals surface area (Å²) in [5.74, 6) is 0.848. The van der Waals surface area contributed by atoms with Gasteiger partial charge < -0.3 is 4.74 Å². The van der Waals surface area contributed by atoms with E-state index in [1.807, 2.05) is 0 Å². The van der Waals surface area contributed by atoms with Crippen LogP contribution in [0.1, 0.15) is 52.9 Å². The summed E-state index contributed by atoms with van der Waals surface area (Å²) in [4.78, 5) is 0. The van der Waals surface area contributed by atoms with Crippen LogP contribution in [-0.4, -0.2) is 12.2 Å². The quantitative estimate of drug-likeness (QED) is 0.566. The van der Waals surface area contributed by atoms with E-state index in [2.05, 4.69) is 20.8 Å². The van der Waals surface area contributed by atoms with Crippen LogP contribution in [-0.2, 0) is 4.74 Å². The van der Waals surface area contributed by atoms with Crippen molar-refractivity contribution in [3.8, 4) is 0 Å². The first kappa shape index (κ1) is 9.51. The molecule has 0 aromatic carbocycles. The standard InChI is InChI=1S/C12H22O/c1-11(2,3)8-10-6-4-5-7-12(10)9-13-12/h10H,4-9H2,1-3H3. The molecule has 1 saturated carbocycles. The van der Waals surface area contributed by atoms with Crippen molar-refractivity contribution in [1.82, 2.24) is 0 Å². The highest BCUT2D eigenvalue weighted by Gasteiger charge is 2.52. The summed E-state index contributed by atoms with van der Waals surface area (Å²) in [5.41, 5.74) is 0.826. The van der Waals surface area contributed by atoms with Gasteiger partial charge in [-0.2, -0.15) is 0 Å². The topological polar surface area (TPSA) is 12.5 Å². The maximum atomic E-state index is 5.70. The molecule has 2 aliphatic rings. The minimum atomic E-state index is 0.353. The van der Waals surface area contributed by atoms with Crippen LogP contribution in [0.15, 0.2) is 0 Å². The highest BCUT2D eigenvalue weighted by molar-refractivity contribution is 5.01. The lowest BCUT2D eigenvalue weighted by Gasteiger charge is -2.33. The predicted octanol–water partition coefficient (Wildman–Crippen LogP) is 3.38. The summed E-state index contributed by atoms with van der Waals surface area (Å²) in [6.45, 7) is 8.08. The fourth-order valence-corrected chi connectivity index (χ4v) is 2.78. The second-order valence-electron chi connectivity index (χ2n) is 6.06. The van der Waals surface area contributed by atoms with E-state index in [1.165, 1.54) is 32.1 Å². The van der Waals surface area contributed by atoms with Gasteiger partial charge in [-0.3, -0.25) is 0 Å². The Morgan fingerprint density at radius 2 is 2.00 bits per heavy atom. The molecule has 0 aromatic rings. The summed E-state index contributed by atoms with van der Waals surface area (Å²) < 4.78 is 5.70. The lowest BCUT2D eigenvalue weighted by Crippen LogP contribution is -2.31. The maximum absolute atomic E-state index is 5.70. The zero-order valence-corrected chi connectivity index (χ0v) is 9.23. The molecule has 0 amide bonds. The smallest absolute Gasteiger partial charge is 0.0944 e. The lowest BCUT2D eigenvalue weighted by molar-refractivity contribution is 0.118. The van der Waals surface area contributed by atoms with Gasteiger partial charge in [-0.15, -0.1) is 0 Å². The Morgan fingerprint density at radius 3 is 2.54 bits per heavy atom. The van der Waals surface area contributed by atoms with Crippen molar-refractivity contribution in [3.63, 3.8) is 0 Å². The van der Waals surface area contributed by atoms with Crippen LogP contribution in [0, 0.1) is 11.3 Å². The van der Waals surface area contributed by atoms with E-state index in [4.69, 9.17) is 4.74 Å². The van der Waals surface area contributed by atoms with Crippen LogP contribution in [0.5, 0.6) is 0 Å². The van der Waals surface area contributed by atoms with Crippen LogP contribution in [0.25, 0.3) is 0 Å². The van der Waals surface area contributed by atoms with Crippen molar-refractivity contribution in [2.75, 3.05) is 6.61 Å². The van der Waals surface area contributed by atoms with E-state index >= 15 is 0 Å². The van der Waals surface area contributed by atoms with Gasteiger partial charge >= 0.3 is 0 Å². The van der Waals surface area contributed by atoms with Crippen molar-refractivity contribution in [2.45, 2.75) is 58.5 Å². The van der Waals surface area contributed by atoms with Crippen molar-refractivity contribution in [2.24, 2.45) is 11.3 Å². The molecule has 2 atom stereocenters. The van der Waals surface area contributed by atoms with E-state index in [9.17, 15) is 0 Å². The highest BCUT2D eigenvalue weighted by atomic mass is 16.6. The van der Waals surface area contributed by atoms with Gasteiger partial charge in [0.15, 0.2) is 0 Å². The van der Waals surface area contributed by atoms with Crippen LogP contribution in [0.4, 0.5) is 0 Å². The molecule has 13 heavy (non-hydrogen) atoms. The molecule has 0 radical (unpaired) electrons. The highest BCUT2D eigenvalue weighted by Crippen LogP contribution is 2.49. The molecule has 2 fully saturated rings. The zero-order valence-electron chi connectivity index (χ0n) is 9.23. The van der Waals surface area contributed by atoms with Gasteiger partial charge in [0.25, 0.3) is 0 Å². The largest absolute Gasteiger partial charge is 0.369 e. The van der Waals surface area contributed by atoms with Gasteiger partial charge in [-0.05, 0) is 30.6 Å². The molecule has 1 spiro atoms. The first-order valence-electron chi connectivity index (χ1n) is 5.66. The third kappa shape index (κ3) is 2.07. The second-order valence-corrected chi connectivity index (χ2v) is 6.06. The molecule has 0 bridgehead atoms. The summed E-state index contributed by atoms with van der Waals surface area (Å²) in [7, 11) is 0. The van der Waals surface area contributed by atoms with E-state index < -0.39 is 0 Å². The molecule has 1 heteroatoms. The van der Waals surface area contributed by atoms with Crippen LogP contribution >= 0.6 is 0 Å². The van der Waals surface area contributed by atoms with Crippen LogP contribution in [0.3, 0.4) is 0 Å². The maximum Gasteiger partial charge on any atom is 0.0944 e. The average molecular weight is 182 g/mol. The molecular weight excluding hydrogens is 160 g/mol. The average Bonchev–Trinajstić information content (AvgIpc) is 2.73. The molecule has 1 saturated heterocycles. The first-order valence-corrected chi connectivity index (χ1v) is 5.66. The van der Waals surface area contributed by atoms with Gasteiger partial charge in [0.1, 0.15) is 0 Å². The Labute approximate surface area is 81.9 Å². The Hall–Kier alpha value is -0.0400. The molecule has 0 N–H and O–H groups in total. The summed E-state index contributed by atoms with van der Waals surface area (Å²) >= 11 is 0. The summed E-state index contributed by atoms with van der Waals surface area (Å²) in [5, 5.41) is 0. The van der Waals surface area contributed by atoms with Crippen molar-refractivity contribution >= 4 is 0 Å². The molecule has 1 aliphatic heterocycles. The zero-order chi connectivity index (χ0) is 9.53. The van der Waals surface area contributed by atoms with Crippen LogP contribution in [0.2, 0.25) is 0 Å². The SMILES string of the molecule is CC(C)(C)CC1CCCCC12CO2. The van der Waals surface area contributed by atoms with Gasteiger partial charge in [0, 0.05) is 0 Å². The molecule has 1 heterocycles. The van der Waals surface area contributed by atoms with Crippen molar-refractivity contribution in [1.29, 1.82) is 0 Å². The Kier molecular flexibility index (Phi) is 2.18. The van der Waals surface area contributed by atoms with Crippen LogP contribution < -0.4 is 0 Å². The number of ether oxygens (including phenoxy) is 1. The fraction of sp³-hybridized carbons (Fsp3) is 1.00. The monoisotopic (exact) mass is 182 g/mol. The minimum absolute atomic E-state index is 0.353. The van der Waals surface area contributed by atoms with E-state index in [0.29, 0.717) is 11.0 Å². The van der Waals surface area contributed by atoms with E-state index in [-0.39, 0.29) is 0 Å². The number of hydrogen-bond donors (Lipinski definition) is 0. The molecule has 2 unspecified atom stereocenters. The van der Waals surface area contributed by atoms with Gasteiger partial charge in [0.2, 0.25) is 0 Å². The summed E-state index contributed by atoms with van der Waals surface area (Å²) in [6, 6.07) is 0. The Morgan fingerprint density at radius 1 is 1.31 bits per heavy atom. The first-order chi connectivity index (χ1) is 6.02. The van der Waals surface area contributed by atoms with Crippen molar-refractivity contribution in [3.05, 3.63) is 0 Å². The lowest BCUT2D eigenvalue weighted by atomic mass is 9.71. The number of epoxide rings is 1. The molecular formula is C12H22O.